The van der Waals surface area contributed by atoms with E-state index in [0.717, 1.165) is 29.7 Å². The van der Waals surface area contributed by atoms with E-state index in [4.69, 9.17) is 0 Å². The third kappa shape index (κ3) is 8.93. The molecule has 3 N–H and O–H groups in total. The Balaban J connectivity index is 1.32. The first-order chi connectivity index (χ1) is 23.3. The smallest absolute Gasteiger partial charge is 0.390 e. The number of benzene rings is 4. The van der Waals surface area contributed by atoms with Crippen LogP contribution in [0.15, 0.2) is 91.0 Å². The van der Waals surface area contributed by atoms with Crippen molar-refractivity contribution in [2.45, 2.75) is 64.5 Å². The number of carbonyl (C=O) groups excluding carboxylic acids is 2. The average Bonchev–Trinajstić information content (AvgIpc) is 3.46. The summed E-state index contributed by atoms with van der Waals surface area (Å²) in [5, 5.41) is 17.2. The summed E-state index contributed by atoms with van der Waals surface area (Å²) >= 11 is 0. The Hall–Kier alpha value is -4.54. The molecule has 2 amide bonds. The van der Waals surface area contributed by atoms with E-state index in [1.807, 2.05) is 30.3 Å². The van der Waals surface area contributed by atoms with Crippen LogP contribution in [-0.2, 0) is 19.1 Å². The van der Waals surface area contributed by atoms with E-state index in [-0.39, 0.29) is 42.3 Å². The molecule has 4 aromatic rings. The van der Waals surface area contributed by atoms with Crippen LogP contribution >= 0.6 is 0 Å². The van der Waals surface area contributed by atoms with Crippen molar-refractivity contribution >= 4 is 11.8 Å². The number of nitrogens with zero attached hydrogens (tertiary/aromatic N) is 1. The number of hydrogen-bond donors (Lipinski definition) is 3. The van der Waals surface area contributed by atoms with Gasteiger partial charge in [-0.15, -0.1) is 0 Å². The number of likely N-dealkylation sites (tertiary alicyclic amines) is 1. The van der Waals surface area contributed by atoms with E-state index in [0.29, 0.717) is 35.2 Å². The summed E-state index contributed by atoms with van der Waals surface area (Å²) in [5.41, 5.74) is 3.22. The summed E-state index contributed by atoms with van der Waals surface area (Å²) in [6, 6.07) is 23.2. The summed E-state index contributed by atoms with van der Waals surface area (Å²) in [6.07, 6.45) is -4.47. The van der Waals surface area contributed by atoms with E-state index < -0.39 is 29.8 Å². The summed E-state index contributed by atoms with van der Waals surface area (Å²) in [4.78, 5) is 29.5. The van der Waals surface area contributed by atoms with Gasteiger partial charge < -0.3 is 20.6 Å². The monoisotopic (exact) mass is 675 g/mol. The Bertz CT molecular complexity index is 1780. The van der Waals surface area contributed by atoms with E-state index in [9.17, 15) is 32.3 Å². The molecule has 10 heteroatoms. The van der Waals surface area contributed by atoms with Crippen molar-refractivity contribution in [3.8, 4) is 0 Å². The number of aryl methyl sites for hydroxylation is 2. The molecule has 0 spiro atoms. The summed E-state index contributed by atoms with van der Waals surface area (Å²) in [5.74, 6) is -0.850. The zero-order valence-corrected chi connectivity index (χ0v) is 27.7. The first-order valence-corrected chi connectivity index (χ1v) is 16.4. The van der Waals surface area contributed by atoms with E-state index >= 15 is 0 Å². The number of hydrogen-bond acceptors (Lipinski definition) is 4. The van der Waals surface area contributed by atoms with E-state index in [1.54, 1.807) is 55.1 Å². The summed E-state index contributed by atoms with van der Waals surface area (Å²) in [6.45, 7) is 6.18. The number of aliphatic hydroxyl groups excluding tert-OH is 1. The van der Waals surface area contributed by atoms with Gasteiger partial charge in [-0.25, -0.2) is 4.39 Å². The van der Waals surface area contributed by atoms with Crippen molar-refractivity contribution in [1.82, 2.24) is 15.5 Å². The van der Waals surface area contributed by atoms with Gasteiger partial charge in [-0.2, -0.15) is 13.2 Å². The molecule has 4 atom stereocenters. The summed E-state index contributed by atoms with van der Waals surface area (Å²) in [7, 11) is 0. The molecule has 1 aliphatic heterocycles. The van der Waals surface area contributed by atoms with Crippen LogP contribution in [0.25, 0.3) is 0 Å². The Morgan fingerprint density at radius 3 is 2.35 bits per heavy atom. The molecular formula is C39H41F4N3O3. The van der Waals surface area contributed by atoms with Gasteiger partial charge in [0.1, 0.15) is 5.82 Å². The lowest BCUT2D eigenvalue weighted by molar-refractivity contribution is -0.137. The molecule has 0 radical (unpaired) electrons. The highest BCUT2D eigenvalue weighted by Gasteiger charge is 2.36. The molecule has 0 saturated carbocycles. The topological polar surface area (TPSA) is 81.7 Å². The Morgan fingerprint density at radius 2 is 1.63 bits per heavy atom. The van der Waals surface area contributed by atoms with Gasteiger partial charge in [-0.3, -0.25) is 9.59 Å². The van der Waals surface area contributed by atoms with Crippen LogP contribution < -0.4 is 10.6 Å². The lowest BCUT2D eigenvalue weighted by atomic mass is 9.93. The second-order valence-electron chi connectivity index (χ2n) is 13.0. The maximum atomic E-state index is 14.0. The van der Waals surface area contributed by atoms with Crippen molar-refractivity contribution < 1.29 is 32.3 Å². The zero-order valence-electron chi connectivity index (χ0n) is 27.7. The van der Waals surface area contributed by atoms with Crippen LogP contribution in [0, 0.1) is 25.6 Å². The third-order valence-electron chi connectivity index (χ3n) is 9.09. The van der Waals surface area contributed by atoms with Crippen molar-refractivity contribution in [2.24, 2.45) is 5.92 Å². The molecule has 1 heterocycles. The van der Waals surface area contributed by atoms with Gasteiger partial charge in [0.15, 0.2) is 0 Å². The van der Waals surface area contributed by atoms with Gasteiger partial charge >= 0.3 is 6.18 Å². The molecule has 0 aliphatic carbocycles. The Labute approximate surface area is 284 Å². The van der Waals surface area contributed by atoms with E-state index in [1.165, 1.54) is 12.1 Å². The molecule has 1 fully saturated rings. The van der Waals surface area contributed by atoms with Crippen LogP contribution in [0.1, 0.15) is 73.5 Å². The predicted molar refractivity (Wildman–Crippen MR) is 180 cm³/mol. The highest BCUT2D eigenvalue weighted by Crippen LogP contribution is 2.38. The largest absolute Gasteiger partial charge is 0.416 e. The van der Waals surface area contributed by atoms with Crippen molar-refractivity contribution in [2.75, 3.05) is 13.1 Å². The number of amides is 2. The molecular weight excluding hydrogens is 634 g/mol. The number of nitrogens with one attached hydrogen (secondary N) is 2. The molecule has 5 rings (SSSR count). The second kappa shape index (κ2) is 15.3. The molecule has 4 aromatic carbocycles. The minimum absolute atomic E-state index is 0.00295. The van der Waals surface area contributed by atoms with Gasteiger partial charge in [0, 0.05) is 30.8 Å². The molecule has 6 nitrogen and oxygen atoms in total. The fourth-order valence-corrected chi connectivity index (χ4v) is 6.51. The van der Waals surface area contributed by atoms with Gasteiger partial charge in [0.25, 0.3) is 11.8 Å². The lowest BCUT2D eigenvalue weighted by Gasteiger charge is -2.28. The normalized spacial score (nSPS) is 17.5. The second-order valence-corrected chi connectivity index (χ2v) is 13.0. The van der Waals surface area contributed by atoms with Crippen LogP contribution in [0.2, 0.25) is 0 Å². The highest BCUT2D eigenvalue weighted by molar-refractivity contribution is 6.00. The molecule has 0 aromatic heterocycles. The lowest BCUT2D eigenvalue weighted by Crippen LogP contribution is -2.48. The average molecular weight is 676 g/mol. The van der Waals surface area contributed by atoms with Crippen LogP contribution in [0.3, 0.4) is 0 Å². The standard InChI is InChI=1S/C39H41F4N3O3/c1-24-16-30(21-31(17-24)38(49)46-15-14-25(2)36(46)29-12-13-33(40)26(3)18-29)37(48)45-34(20-27-8-5-4-6-9-27)35(47)23-44-22-28-10-7-11-32(19-28)39(41,42)43/h4-13,16-19,21,25,34-36,44,47H,14-15,20,22-23H2,1-3H3,(H,45,48)/t25?,34-,35+,36?/m0/s1. The minimum atomic E-state index is -4.46. The predicted octanol–water partition coefficient (Wildman–Crippen LogP) is 7.18. The Morgan fingerprint density at radius 1 is 0.918 bits per heavy atom. The minimum Gasteiger partial charge on any atom is -0.390 e. The Kier molecular flexibility index (Phi) is 11.2. The highest BCUT2D eigenvalue weighted by atomic mass is 19.4. The fourth-order valence-electron chi connectivity index (χ4n) is 6.51. The number of alkyl halides is 3. The SMILES string of the molecule is Cc1cc(C(=O)N[C@@H](Cc2ccccc2)[C@H](O)CNCc2cccc(C(F)(F)F)c2)cc(C(=O)N2CCC(C)C2c2ccc(F)c(C)c2)c1. The maximum Gasteiger partial charge on any atom is 0.416 e. The maximum absolute atomic E-state index is 14.0. The van der Waals surface area contributed by atoms with Crippen LogP contribution in [0.4, 0.5) is 17.6 Å². The van der Waals surface area contributed by atoms with Crippen LogP contribution in [-0.4, -0.2) is 47.1 Å². The molecule has 258 valence electrons. The number of aliphatic hydroxyl groups is 1. The van der Waals surface area contributed by atoms with Gasteiger partial charge in [0.05, 0.1) is 23.8 Å². The van der Waals surface area contributed by atoms with Gasteiger partial charge in [-0.05, 0) is 90.8 Å². The zero-order chi connectivity index (χ0) is 35.3. The first-order valence-electron chi connectivity index (χ1n) is 16.4. The first kappa shape index (κ1) is 35.8. The molecule has 49 heavy (non-hydrogen) atoms. The number of halogens is 4. The van der Waals surface area contributed by atoms with Gasteiger partial charge in [0.2, 0.25) is 0 Å². The van der Waals surface area contributed by atoms with Crippen LogP contribution in [0.5, 0.6) is 0 Å². The number of carbonyl (C=O) groups is 2. The molecule has 1 aliphatic rings. The fraction of sp³-hybridized carbons (Fsp3) is 0.333. The molecule has 1 saturated heterocycles. The number of rotatable bonds is 11. The van der Waals surface area contributed by atoms with Gasteiger partial charge in [-0.1, -0.05) is 67.6 Å². The van der Waals surface area contributed by atoms with Crippen molar-refractivity contribution in [3.05, 3.63) is 141 Å². The van der Waals surface area contributed by atoms with Crippen molar-refractivity contribution in [1.29, 1.82) is 0 Å². The third-order valence-corrected chi connectivity index (χ3v) is 9.09. The summed E-state index contributed by atoms with van der Waals surface area (Å²) < 4.78 is 53.5. The van der Waals surface area contributed by atoms with E-state index in [2.05, 4.69) is 17.6 Å². The molecule has 2 unspecified atom stereocenters. The van der Waals surface area contributed by atoms with Crippen molar-refractivity contribution in [3.63, 3.8) is 0 Å². The molecule has 0 bridgehead atoms. The quantitative estimate of drug-likeness (QED) is 0.147.